The highest BCUT2D eigenvalue weighted by atomic mass is 16.4. The third-order valence-electron chi connectivity index (χ3n) is 13.8. The van der Waals surface area contributed by atoms with Gasteiger partial charge in [0.05, 0.1) is 18.7 Å². The fraction of sp³-hybridized carbons (Fsp3) is 0.549. The third kappa shape index (κ3) is 15.6. The van der Waals surface area contributed by atoms with Crippen LogP contribution in [0.5, 0.6) is 0 Å². The average molecular weight is 1100 g/mol. The molecule has 1 fully saturated rings. The lowest BCUT2D eigenvalue weighted by atomic mass is 9.81. The molecule has 0 aliphatic carbocycles. The second-order valence-electron chi connectivity index (χ2n) is 21.2. The molecule has 9 atom stereocenters. The number of nitrogens with zero attached hydrogens (tertiary/aromatic N) is 3. The highest BCUT2D eigenvalue weighted by Crippen LogP contribution is 2.35. The molecular formula is C51H71N15O13. The maximum absolute atomic E-state index is 15.0. The molecule has 7 rings (SSSR count). The quantitative estimate of drug-likeness (QED) is 0.0319. The van der Waals surface area contributed by atoms with Crippen molar-refractivity contribution < 1.29 is 63.0 Å². The van der Waals surface area contributed by atoms with Crippen molar-refractivity contribution in [2.45, 2.75) is 147 Å². The van der Waals surface area contributed by atoms with Gasteiger partial charge in [0.1, 0.15) is 60.5 Å². The minimum Gasteiger partial charge on any atom is -0.481 e. The number of benzene rings is 1. The largest absolute Gasteiger partial charge is 0.481 e. The van der Waals surface area contributed by atoms with E-state index >= 15 is 0 Å². The number of nitrogens with one attached hydrogen (secondary N) is 10. The van der Waals surface area contributed by atoms with E-state index < -0.39 is 139 Å². The van der Waals surface area contributed by atoms with Crippen molar-refractivity contribution in [3.63, 3.8) is 0 Å². The van der Waals surface area contributed by atoms with Gasteiger partial charge in [-0.15, -0.1) is 0 Å². The summed E-state index contributed by atoms with van der Waals surface area (Å²) in [5.74, 6) is -12.1. The number of hydrogen-bond acceptors (Lipinski definition) is 13. The summed E-state index contributed by atoms with van der Waals surface area (Å²) in [6, 6.07) is -6.02. The predicted molar refractivity (Wildman–Crippen MR) is 282 cm³/mol. The molecular weight excluding hydrogens is 1030 g/mol. The Kier molecular flexibility index (Phi) is 19.8. The molecule has 428 valence electrons. The van der Waals surface area contributed by atoms with Crippen LogP contribution in [0.3, 0.4) is 0 Å². The van der Waals surface area contributed by atoms with Gasteiger partial charge >= 0.3 is 11.9 Å². The number of carboxylic acid groups (broad SMARTS) is 2. The smallest absolute Gasteiger partial charge is 0.326 e. The first-order chi connectivity index (χ1) is 37.3. The number of imidazole rings is 1. The molecule has 0 saturated carbocycles. The first-order valence-electron chi connectivity index (χ1n) is 26.2. The molecule has 79 heavy (non-hydrogen) atoms. The van der Waals surface area contributed by atoms with Crippen LogP contribution in [0.1, 0.15) is 103 Å². The number of nitrogens with two attached hydrogens (primary N) is 2. The molecule has 16 N–H and O–H groups in total. The van der Waals surface area contributed by atoms with Crippen molar-refractivity contribution in [2.75, 3.05) is 13.1 Å². The van der Waals surface area contributed by atoms with Gasteiger partial charge in [-0.3, -0.25) is 57.5 Å². The van der Waals surface area contributed by atoms with Crippen LogP contribution in [0, 0.1) is 17.8 Å². The molecule has 0 radical (unpaired) electrons. The topological polar surface area (TPSA) is 435 Å². The summed E-state index contributed by atoms with van der Waals surface area (Å²) in [6.45, 7) is 9.96. The van der Waals surface area contributed by atoms with E-state index in [1.807, 2.05) is 27.7 Å². The Morgan fingerprint density at radius 1 is 0.797 bits per heavy atom. The van der Waals surface area contributed by atoms with Gasteiger partial charge in [-0.25, -0.2) is 9.78 Å². The number of carboxylic acids is 2. The molecule has 28 heteroatoms. The van der Waals surface area contributed by atoms with E-state index in [1.54, 1.807) is 32.0 Å². The van der Waals surface area contributed by atoms with E-state index in [2.05, 4.69) is 62.8 Å². The Morgan fingerprint density at radius 3 is 2.14 bits per heavy atom. The van der Waals surface area contributed by atoms with Gasteiger partial charge in [0.15, 0.2) is 5.96 Å². The average Bonchev–Trinajstić information content (AvgIpc) is 4.36. The predicted octanol–water partition coefficient (Wildman–Crippen LogP) is -2.69. The summed E-state index contributed by atoms with van der Waals surface area (Å²) in [5, 5.41) is 43.4. The number of aromatic nitrogens is 3. The molecule has 6 heterocycles. The van der Waals surface area contributed by atoms with Gasteiger partial charge in [0, 0.05) is 54.4 Å². The molecule has 4 aliphatic rings. The normalized spacial score (nSPS) is 23.9. The van der Waals surface area contributed by atoms with Crippen LogP contribution in [-0.4, -0.2) is 157 Å². The number of fused-ring (bicyclic) bond motifs is 13. The van der Waals surface area contributed by atoms with Gasteiger partial charge in [-0.1, -0.05) is 53.7 Å². The van der Waals surface area contributed by atoms with Crippen molar-refractivity contribution in [3.05, 3.63) is 47.5 Å². The zero-order chi connectivity index (χ0) is 58.0. The summed E-state index contributed by atoms with van der Waals surface area (Å²) >= 11 is 0. The van der Waals surface area contributed by atoms with E-state index in [9.17, 15) is 63.0 Å². The number of carbonyl (C=O) groups excluding carboxylic acids is 9. The highest BCUT2D eigenvalue weighted by molar-refractivity contribution is 6.00. The van der Waals surface area contributed by atoms with Crippen molar-refractivity contribution in [3.8, 4) is 5.82 Å². The monoisotopic (exact) mass is 1100 g/mol. The Hall–Kier alpha value is -8.59. The van der Waals surface area contributed by atoms with E-state index in [1.165, 1.54) is 17.1 Å². The lowest BCUT2D eigenvalue weighted by Crippen LogP contribution is -2.61. The van der Waals surface area contributed by atoms with Crippen LogP contribution >= 0.6 is 0 Å². The number of carbonyl (C=O) groups is 11. The second kappa shape index (κ2) is 26.2. The number of aromatic amines is 1. The van der Waals surface area contributed by atoms with Crippen molar-refractivity contribution in [2.24, 2.45) is 34.2 Å². The Bertz CT molecular complexity index is 2870. The van der Waals surface area contributed by atoms with Crippen LogP contribution < -0.4 is 59.3 Å². The molecule has 0 unspecified atom stereocenters. The maximum atomic E-state index is 15.0. The van der Waals surface area contributed by atoms with Crippen LogP contribution in [-0.2, 0) is 65.6 Å². The summed E-state index contributed by atoms with van der Waals surface area (Å²) in [4.78, 5) is 162. The number of H-pyrrole nitrogens is 1. The molecule has 7 bridgehead atoms. The molecule has 2 aromatic heterocycles. The zero-order valence-electron chi connectivity index (χ0n) is 44.8. The fourth-order valence-corrected chi connectivity index (χ4v) is 9.90. The van der Waals surface area contributed by atoms with Gasteiger partial charge in [-0.05, 0) is 55.1 Å². The van der Waals surface area contributed by atoms with Crippen molar-refractivity contribution >= 4 is 82.0 Å². The molecule has 1 aromatic carbocycles. The molecule has 0 spiro atoms. The van der Waals surface area contributed by atoms with E-state index in [0.29, 0.717) is 22.0 Å². The summed E-state index contributed by atoms with van der Waals surface area (Å²) in [5.41, 5.74) is 12.6. The minimum absolute atomic E-state index is 0.0175. The third-order valence-corrected chi connectivity index (χ3v) is 13.8. The number of guanidine groups is 1. The first kappa shape index (κ1) is 59.7. The van der Waals surface area contributed by atoms with Gasteiger partial charge < -0.3 is 74.5 Å². The van der Waals surface area contributed by atoms with Crippen molar-refractivity contribution in [1.29, 1.82) is 0 Å². The number of rotatable bonds is 15. The molecule has 3 aromatic rings. The highest BCUT2D eigenvalue weighted by Gasteiger charge is 2.41. The fourth-order valence-electron chi connectivity index (χ4n) is 9.90. The minimum atomic E-state index is -1.90. The molecule has 9 amide bonds. The summed E-state index contributed by atoms with van der Waals surface area (Å²) in [7, 11) is 0. The van der Waals surface area contributed by atoms with Gasteiger partial charge in [0.25, 0.3) is 0 Å². The van der Waals surface area contributed by atoms with Crippen LogP contribution in [0.2, 0.25) is 0 Å². The molecule has 28 nitrogen and oxygen atoms in total. The lowest BCUT2D eigenvalue weighted by Gasteiger charge is -2.33. The van der Waals surface area contributed by atoms with Gasteiger partial charge in [0.2, 0.25) is 53.2 Å². The summed E-state index contributed by atoms with van der Waals surface area (Å²) < 4.78 is 1.51. The van der Waals surface area contributed by atoms with E-state index in [-0.39, 0.29) is 80.3 Å². The number of aliphatic imine (C=N–C) groups is 1. The number of aliphatic carboxylic acids is 2. The van der Waals surface area contributed by atoms with Gasteiger partial charge in [-0.2, -0.15) is 0 Å². The molecule has 1 saturated heterocycles. The Morgan fingerprint density at radius 2 is 1.51 bits per heavy atom. The van der Waals surface area contributed by atoms with Crippen molar-refractivity contribution in [1.82, 2.24) is 62.4 Å². The van der Waals surface area contributed by atoms with Crippen LogP contribution in [0.15, 0.2) is 35.7 Å². The first-order valence-corrected chi connectivity index (χ1v) is 26.2. The SMILES string of the molecule is CC(C)C[C@@H]1NC(=O)[C@@H](NC(=O)[C@@H]2CCC(=O)N2)[C@H](C(C)C)c2ccc3c4c([nH]c3c2)-n2cnc(c2)C[C@@H](C(=O)N[C@@H](CC(=O)O)C(=O)O)NC(=O)CNC(=O)[C@@H](CCCN=C(N)N)NC(=O)[C@H](C4)NC(=O)[C@H](C(C)C)NC1=O. The maximum Gasteiger partial charge on any atom is 0.326 e. The van der Waals surface area contributed by atoms with Crippen LogP contribution in [0.25, 0.3) is 16.7 Å². The number of hydrogen-bond donors (Lipinski definition) is 14. The van der Waals surface area contributed by atoms with Crippen LogP contribution in [0.4, 0.5) is 0 Å². The van der Waals surface area contributed by atoms with E-state index in [0.717, 1.165) is 0 Å². The zero-order valence-corrected chi connectivity index (χ0v) is 44.8. The summed E-state index contributed by atoms with van der Waals surface area (Å²) in [6.07, 6.45) is 1.53. The van der Waals surface area contributed by atoms with E-state index in [4.69, 9.17) is 11.5 Å². The Balaban J connectivity index is 1.57. The second-order valence-corrected chi connectivity index (χ2v) is 21.2. The lowest BCUT2D eigenvalue weighted by molar-refractivity contribution is -0.147. The molecule has 4 aliphatic heterocycles. The Labute approximate surface area is 453 Å². The number of amides is 9. The standard InChI is InChI=1S/C51H71N15O13/c1-22(2)14-32-47(75)64-40(24(5)6)48(76)62-34-17-28-27-10-9-25(39(23(3)4)41(49(77)61-32)65-44(72)30-11-12-36(67)57-30)15-31(27)59-42(28)66-20-26(56-21-66)16-33(45(73)63-35(50(78)79)18-38(69)70)58-37(68)19-55-43(71)29(60-46(34)74)8-7-13-54-51(52)53/h9-10,15,20-24,29-30,32-35,39-41,59H,7-8,11-14,16-19H2,1-6H3,(H,55,71)(H,57,67)(H,58,68)(H,60,74)(H,61,77)(H,62,76)(H,63,73)(H,64,75)(H,65,72)(H,69,70)(H,78,79)(H4,52,53,54)/t29-,30+,32+,33+,34+,35+,39-,40+,41+/m1/s1.